The highest BCUT2D eigenvalue weighted by atomic mass is 79.9. The van der Waals surface area contributed by atoms with Gasteiger partial charge in [0, 0.05) is 36.4 Å². The molecule has 0 bridgehead atoms. The molecule has 150 valence electrons. The van der Waals surface area contributed by atoms with Crippen molar-refractivity contribution in [3.05, 3.63) is 51.2 Å². The monoisotopic (exact) mass is 488 g/mol. The normalized spacial score (nSPS) is 14.8. The second kappa shape index (κ2) is 8.24. The Morgan fingerprint density at radius 2 is 1.75 bits per heavy atom. The zero-order valence-corrected chi connectivity index (χ0v) is 18.1. The molecule has 2 N–H and O–H groups in total. The van der Waals surface area contributed by atoms with Crippen LogP contribution in [0.3, 0.4) is 0 Å². The molecule has 1 aromatic heterocycles. The summed E-state index contributed by atoms with van der Waals surface area (Å²) in [7, 11) is -2.09. The molecule has 0 radical (unpaired) electrons. The SMILES string of the molecule is Cn1cc(Br)cc1C(=O)NNC(=O)c1ccc(Cl)c(S(=O)(=O)N2CCCC2)c1. The molecule has 0 unspecified atom stereocenters. The van der Waals surface area contributed by atoms with Crippen LogP contribution in [-0.4, -0.2) is 42.2 Å². The number of rotatable bonds is 4. The lowest BCUT2D eigenvalue weighted by Gasteiger charge is -2.17. The number of hydrazine groups is 1. The van der Waals surface area contributed by atoms with Gasteiger partial charge < -0.3 is 4.57 Å². The molecule has 0 atom stereocenters. The molecule has 0 aliphatic carbocycles. The van der Waals surface area contributed by atoms with Gasteiger partial charge in [0.15, 0.2) is 0 Å². The molecule has 3 rings (SSSR count). The summed E-state index contributed by atoms with van der Waals surface area (Å²) < 4.78 is 29.2. The summed E-state index contributed by atoms with van der Waals surface area (Å²) >= 11 is 9.34. The van der Waals surface area contributed by atoms with Crippen molar-refractivity contribution < 1.29 is 18.0 Å². The van der Waals surface area contributed by atoms with Gasteiger partial charge in [0.1, 0.15) is 10.6 Å². The highest BCUT2D eigenvalue weighted by Gasteiger charge is 2.29. The van der Waals surface area contributed by atoms with Gasteiger partial charge in [-0.05, 0) is 53.0 Å². The average Bonchev–Trinajstić information content (AvgIpc) is 3.29. The third-order valence-corrected chi connectivity index (χ3v) is 7.18. The highest BCUT2D eigenvalue weighted by molar-refractivity contribution is 9.10. The van der Waals surface area contributed by atoms with Crippen LogP contribution in [-0.2, 0) is 17.1 Å². The lowest BCUT2D eigenvalue weighted by molar-refractivity contribution is 0.0842. The summed E-state index contributed by atoms with van der Waals surface area (Å²) in [5, 5.41) is 0.0427. The first-order chi connectivity index (χ1) is 13.2. The van der Waals surface area contributed by atoms with Crippen LogP contribution in [0.5, 0.6) is 0 Å². The van der Waals surface area contributed by atoms with Gasteiger partial charge in [-0.15, -0.1) is 0 Å². The molecule has 1 aliphatic heterocycles. The summed E-state index contributed by atoms with van der Waals surface area (Å²) in [4.78, 5) is 24.4. The molecule has 2 aromatic rings. The molecule has 0 saturated carbocycles. The Balaban J connectivity index is 1.75. The Morgan fingerprint density at radius 1 is 1.11 bits per heavy atom. The van der Waals surface area contributed by atoms with Crippen LogP contribution in [0, 0.1) is 0 Å². The summed E-state index contributed by atoms with van der Waals surface area (Å²) in [6.45, 7) is 0.856. The number of benzene rings is 1. The molecule has 11 heteroatoms. The second-order valence-electron chi connectivity index (χ2n) is 6.32. The summed E-state index contributed by atoms with van der Waals surface area (Å²) in [5.41, 5.74) is 4.99. The first-order valence-corrected chi connectivity index (χ1v) is 11.0. The van der Waals surface area contributed by atoms with Gasteiger partial charge >= 0.3 is 0 Å². The van der Waals surface area contributed by atoms with Gasteiger partial charge in [-0.1, -0.05) is 11.6 Å². The summed E-state index contributed by atoms with van der Waals surface area (Å²) in [6, 6.07) is 5.57. The number of hydrogen-bond acceptors (Lipinski definition) is 4. The van der Waals surface area contributed by atoms with Crippen molar-refractivity contribution in [2.24, 2.45) is 7.05 Å². The maximum atomic E-state index is 12.8. The Bertz CT molecular complexity index is 1030. The van der Waals surface area contributed by atoms with Crippen molar-refractivity contribution in [2.45, 2.75) is 17.7 Å². The van der Waals surface area contributed by atoms with Crippen molar-refractivity contribution in [1.82, 2.24) is 19.7 Å². The number of carbonyl (C=O) groups excluding carboxylic acids is 2. The predicted molar refractivity (Wildman–Crippen MR) is 107 cm³/mol. The molecular weight excluding hydrogens is 472 g/mol. The van der Waals surface area contributed by atoms with Crippen LogP contribution in [0.4, 0.5) is 0 Å². The average molecular weight is 490 g/mol. The number of aryl methyl sites for hydroxylation is 1. The zero-order valence-electron chi connectivity index (χ0n) is 14.9. The van der Waals surface area contributed by atoms with E-state index >= 15 is 0 Å². The Kier molecular flexibility index (Phi) is 6.13. The fourth-order valence-electron chi connectivity index (χ4n) is 2.91. The van der Waals surface area contributed by atoms with E-state index < -0.39 is 21.8 Å². The molecule has 1 aliphatic rings. The van der Waals surface area contributed by atoms with Crippen molar-refractivity contribution in [3.8, 4) is 0 Å². The van der Waals surface area contributed by atoms with E-state index in [1.54, 1.807) is 23.9 Å². The number of aromatic nitrogens is 1. The number of nitrogens with zero attached hydrogens (tertiary/aromatic N) is 2. The van der Waals surface area contributed by atoms with Crippen LogP contribution in [0.25, 0.3) is 0 Å². The molecule has 2 heterocycles. The number of amides is 2. The van der Waals surface area contributed by atoms with Gasteiger partial charge in [0.05, 0.1) is 5.02 Å². The molecule has 1 fully saturated rings. The van der Waals surface area contributed by atoms with Gasteiger partial charge in [0.2, 0.25) is 10.0 Å². The summed E-state index contributed by atoms with van der Waals surface area (Å²) in [6.07, 6.45) is 3.28. The van der Waals surface area contributed by atoms with E-state index in [9.17, 15) is 18.0 Å². The largest absolute Gasteiger partial charge is 0.345 e. The number of sulfonamides is 1. The lowest BCUT2D eigenvalue weighted by atomic mass is 10.2. The Labute approximate surface area is 176 Å². The fraction of sp³-hybridized carbons (Fsp3) is 0.294. The highest BCUT2D eigenvalue weighted by Crippen LogP contribution is 2.28. The van der Waals surface area contributed by atoms with E-state index in [0.717, 1.165) is 17.3 Å². The molecule has 2 amide bonds. The minimum Gasteiger partial charge on any atom is -0.345 e. The number of carbonyl (C=O) groups is 2. The molecule has 1 saturated heterocycles. The molecule has 28 heavy (non-hydrogen) atoms. The lowest BCUT2D eigenvalue weighted by Crippen LogP contribution is -2.42. The van der Waals surface area contributed by atoms with Crippen molar-refractivity contribution in [2.75, 3.05) is 13.1 Å². The third-order valence-electron chi connectivity index (χ3n) is 4.37. The van der Waals surface area contributed by atoms with Crippen molar-refractivity contribution in [1.29, 1.82) is 0 Å². The maximum Gasteiger partial charge on any atom is 0.286 e. The first-order valence-electron chi connectivity index (χ1n) is 8.42. The maximum absolute atomic E-state index is 12.8. The predicted octanol–water partition coefficient (Wildman–Crippen LogP) is 2.30. The fourth-order valence-corrected chi connectivity index (χ4v) is 5.45. The van der Waals surface area contributed by atoms with E-state index in [0.29, 0.717) is 18.8 Å². The van der Waals surface area contributed by atoms with E-state index in [-0.39, 0.29) is 15.5 Å². The topological polar surface area (TPSA) is 101 Å². The van der Waals surface area contributed by atoms with Crippen LogP contribution in [0.1, 0.15) is 33.7 Å². The third kappa shape index (κ3) is 4.24. The van der Waals surface area contributed by atoms with Crippen LogP contribution in [0.15, 0.2) is 39.8 Å². The van der Waals surface area contributed by atoms with Gasteiger partial charge in [0.25, 0.3) is 11.8 Å². The zero-order chi connectivity index (χ0) is 20.5. The number of hydrogen-bond donors (Lipinski definition) is 2. The molecule has 8 nitrogen and oxygen atoms in total. The van der Waals surface area contributed by atoms with E-state index in [1.165, 1.54) is 22.5 Å². The van der Waals surface area contributed by atoms with Crippen LogP contribution >= 0.6 is 27.5 Å². The van der Waals surface area contributed by atoms with Gasteiger partial charge in [-0.2, -0.15) is 4.31 Å². The number of halogens is 2. The van der Waals surface area contributed by atoms with E-state index in [4.69, 9.17) is 11.6 Å². The minimum absolute atomic E-state index is 0.0427. The van der Waals surface area contributed by atoms with Crippen molar-refractivity contribution >= 4 is 49.4 Å². The minimum atomic E-state index is -3.78. The van der Waals surface area contributed by atoms with E-state index in [2.05, 4.69) is 26.8 Å². The van der Waals surface area contributed by atoms with Crippen LogP contribution < -0.4 is 10.9 Å². The standard InChI is InChI=1S/C17H18BrClN4O4S/c1-22-10-12(18)9-14(22)17(25)21-20-16(24)11-4-5-13(19)15(8-11)28(26,27)23-6-2-3-7-23/h4-5,8-10H,2-3,6-7H2,1H3,(H,20,24)(H,21,25). The smallest absolute Gasteiger partial charge is 0.286 e. The molecule has 1 aromatic carbocycles. The van der Waals surface area contributed by atoms with Crippen molar-refractivity contribution in [3.63, 3.8) is 0 Å². The number of nitrogens with one attached hydrogen (secondary N) is 2. The summed E-state index contributed by atoms with van der Waals surface area (Å²) in [5.74, 6) is -1.17. The van der Waals surface area contributed by atoms with E-state index in [1.807, 2.05) is 0 Å². The first kappa shape index (κ1) is 20.8. The van der Waals surface area contributed by atoms with Crippen LogP contribution in [0.2, 0.25) is 5.02 Å². The second-order valence-corrected chi connectivity index (χ2v) is 9.55. The molecule has 0 spiro atoms. The Morgan fingerprint density at radius 3 is 2.36 bits per heavy atom. The Hall–Kier alpha value is -1.88. The molecular formula is C17H18BrClN4O4S. The quantitative estimate of drug-likeness (QED) is 0.644. The van der Waals surface area contributed by atoms with Gasteiger partial charge in [-0.25, -0.2) is 8.42 Å². The van der Waals surface area contributed by atoms with Gasteiger partial charge in [-0.3, -0.25) is 20.4 Å².